The number of ether oxygens (including phenoxy) is 1. The number of imidazole rings is 1. The first-order valence-electron chi connectivity index (χ1n) is 13.5. The van der Waals surface area contributed by atoms with Gasteiger partial charge in [0.2, 0.25) is 5.91 Å². The van der Waals surface area contributed by atoms with Crippen LogP contribution in [0, 0.1) is 6.92 Å². The van der Waals surface area contributed by atoms with Crippen molar-refractivity contribution < 1.29 is 60.5 Å². The van der Waals surface area contributed by atoms with Crippen molar-refractivity contribution in [3.8, 4) is 5.75 Å². The van der Waals surface area contributed by atoms with Crippen LogP contribution < -0.4 is 10.1 Å². The fourth-order valence-corrected chi connectivity index (χ4v) is 3.89. The van der Waals surface area contributed by atoms with Crippen LogP contribution >= 0.6 is 0 Å². The largest absolute Gasteiger partial charge is 0.497 e. The first kappa shape index (κ1) is 38.5. The monoisotopic (exact) mass is 652 g/mol. The number of aryl methyl sites for hydroxylation is 1. The number of ketones is 1. The number of rotatable bonds is 12. The molecule has 1 aromatic carbocycles. The lowest BCUT2D eigenvalue weighted by atomic mass is 10.0. The second-order valence-corrected chi connectivity index (χ2v) is 9.51. The van der Waals surface area contributed by atoms with Crippen LogP contribution in [0.3, 0.4) is 0 Å². The summed E-state index contributed by atoms with van der Waals surface area (Å²) in [5, 5.41) is 18.4. The number of unbranched alkanes of at least 4 members (excludes halogenated alkanes) is 2. The van der Waals surface area contributed by atoms with Crippen molar-refractivity contribution in [1.29, 1.82) is 0 Å². The maximum atomic E-state index is 12.9. The van der Waals surface area contributed by atoms with Crippen LogP contribution in [0.2, 0.25) is 0 Å². The number of halogens is 6. The first-order chi connectivity index (χ1) is 20.9. The summed E-state index contributed by atoms with van der Waals surface area (Å²) in [4.78, 5) is 53.0. The number of hydrogen-bond acceptors (Lipinski definition) is 6. The number of carbonyl (C=O) groups is 4. The molecule has 0 aliphatic carbocycles. The van der Waals surface area contributed by atoms with E-state index in [9.17, 15) is 35.9 Å². The van der Waals surface area contributed by atoms with Gasteiger partial charge in [-0.05, 0) is 43.5 Å². The lowest BCUT2D eigenvalue weighted by Gasteiger charge is -2.17. The number of methoxy groups -OCH3 is 1. The fraction of sp³-hybridized carbons (Fsp3) is 0.464. The quantitative estimate of drug-likeness (QED) is 0.120. The molecule has 0 fully saturated rings. The number of H-pyrrole nitrogens is 2. The molecule has 45 heavy (non-hydrogen) atoms. The Kier molecular flexibility index (Phi) is 15.1. The van der Waals surface area contributed by atoms with E-state index >= 15 is 0 Å². The molecule has 0 aliphatic rings. The van der Waals surface area contributed by atoms with Crippen molar-refractivity contribution in [2.45, 2.75) is 77.2 Å². The molecule has 5 N–H and O–H groups in total. The average molecular weight is 653 g/mol. The summed E-state index contributed by atoms with van der Waals surface area (Å²) >= 11 is 0. The maximum Gasteiger partial charge on any atom is 0.490 e. The van der Waals surface area contributed by atoms with E-state index in [4.69, 9.17) is 24.5 Å². The Morgan fingerprint density at radius 2 is 1.60 bits per heavy atom. The third kappa shape index (κ3) is 13.7. The zero-order valence-electron chi connectivity index (χ0n) is 24.6. The lowest BCUT2D eigenvalue weighted by Crippen LogP contribution is -2.30. The molecule has 0 bridgehead atoms. The number of aromatic nitrogens is 3. The lowest BCUT2D eigenvalue weighted by molar-refractivity contribution is -0.193. The molecule has 0 radical (unpaired) electrons. The molecule has 0 spiro atoms. The number of aromatic amines is 2. The molecule has 2 heterocycles. The number of nitrogens with zero attached hydrogens (tertiary/aromatic N) is 1. The summed E-state index contributed by atoms with van der Waals surface area (Å²) in [5.41, 5.74) is 2.95. The minimum absolute atomic E-state index is 0.0469. The van der Waals surface area contributed by atoms with E-state index in [1.807, 2.05) is 32.0 Å². The Balaban J connectivity index is 0.000000601. The molecule has 0 saturated carbocycles. The minimum Gasteiger partial charge on any atom is -0.497 e. The number of nitrogens with one attached hydrogen (secondary N) is 3. The van der Waals surface area contributed by atoms with E-state index in [1.54, 1.807) is 19.5 Å². The van der Waals surface area contributed by atoms with E-state index in [1.165, 1.54) is 0 Å². The Labute approximate surface area is 253 Å². The van der Waals surface area contributed by atoms with E-state index in [0.29, 0.717) is 18.6 Å². The van der Waals surface area contributed by atoms with Crippen LogP contribution in [-0.4, -0.2) is 68.3 Å². The van der Waals surface area contributed by atoms with Gasteiger partial charge in [-0.25, -0.2) is 14.6 Å². The van der Waals surface area contributed by atoms with Crippen LogP contribution in [0.5, 0.6) is 5.75 Å². The van der Waals surface area contributed by atoms with Gasteiger partial charge in [0.15, 0.2) is 0 Å². The van der Waals surface area contributed by atoms with E-state index in [2.05, 4.69) is 20.3 Å². The predicted octanol–water partition coefficient (Wildman–Crippen LogP) is 5.80. The van der Waals surface area contributed by atoms with Gasteiger partial charge in [-0.15, -0.1) is 0 Å². The second-order valence-electron chi connectivity index (χ2n) is 9.51. The fourth-order valence-electron chi connectivity index (χ4n) is 3.89. The number of carboxylic acids is 2. The van der Waals surface area contributed by atoms with Crippen molar-refractivity contribution >= 4 is 34.5 Å². The number of amides is 1. The summed E-state index contributed by atoms with van der Waals surface area (Å²) < 4.78 is 68.8. The number of carbonyl (C=O) groups excluding carboxylic acids is 2. The average Bonchev–Trinajstić information content (AvgIpc) is 3.59. The van der Waals surface area contributed by atoms with Crippen molar-refractivity contribution in [3.05, 3.63) is 47.7 Å². The van der Waals surface area contributed by atoms with Gasteiger partial charge < -0.3 is 30.2 Å². The van der Waals surface area contributed by atoms with E-state index in [0.717, 1.165) is 59.4 Å². The third-order valence-corrected chi connectivity index (χ3v) is 6.18. The van der Waals surface area contributed by atoms with Crippen LogP contribution in [-0.2, 0) is 25.6 Å². The summed E-state index contributed by atoms with van der Waals surface area (Å²) in [7, 11) is 1.64. The molecule has 250 valence electrons. The summed E-state index contributed by atoms with van der Waals surface area (Å²) in [6, 6.07) is 5.66. The van der Waals surface area contributed by atoms with Gasteiger partial charge in [0.05, 0.1) is 19.6 Å². The SMILES string of the molecule is CCC(=O)CCCCC[C@H](NC(=O)Cc1c(C)[nH]c2ccc(OC)cc12)c1ncc[nH]1.O=C(O)C(F)(F)F.O=C(O)C(F)(F)F. The maximum absolute atomic E-state index is 12.9. The topological polar surface area (TPSA) is 174 Å². The molecule has 0 aliphatic heterocycles. The molecule has 1 amide bonds. The third-order valence-electron chi connectivity index (χ3n) is 6.18. The van der Waals surface area contributed by atoms with Crippen LogP contribution in [0.1, 0.15) is 68.6 Å². The van der Waals surface area contributed by atoms with Gasteiger partial charge in [-0.1, -0.05) is 19.8 Å². The second kappa shape index (κ2) is 17.7. The minimum atomic E-state index is -5.08. The number of alkyl halides is 6. The Morgan fingerprint density at radius 1 is 1.00 bits per heavy atom. The zero-order chi connectivity index (χ0) is 34.4. The van der Waals surface area contributed by atoms with E-state index < -0.39 is 24.3 Å². The number of fused-ring (bicyclic) bond motifs is 1. The van der Waals surface area contributed by atoms with Crippen molar-refractivity contribution in [1.82, 2.24) is 20.3 Å². The Morgan fingerprint density at radius 3 is 2.09 bits per heavy atom. The van der Waals surface area contributed by atoms with Gasteiger partial charge in [-0.3, -0.25) is 9.59 Å². The first-order valence-corrected chi connectivity index (χ1v) is 13.5. The number of carboxylic acid groups (broad SMARTS) is 2. The van der Waals surface area contributed by atoms with Crippen LogP contribution in [0.4, 0.5) is 26.3 Å². The van der Waals surface area contributed by atoms with Gasteiger partial charge in [0, 0.05) is 41.8 Å². The predicted molar refractivity (Wildman–Crippen MR) is 149 cm³/mol. The summed E-state index contributed by atoms with van der Waals surface area (Å²) in [5.74, 6) is -3.73. The van der Waals surface area contributed by atoms with Crippen molar-refractivity contribution in [2.24, 2.45) is 0 Å². The molecule has 1 atom stereocenters. The Hall–Kier alpha value is -4.57. The van der Waals surface area contributed by atoms with Crippen LogP contribution in [0.15, 0.2) is 30.6 Å². The molecule has 11 nitrogen and oxygen atoms in total. The highest BCUT2D eigenvalue weighted by Crippen LogP contribution is 2.27. The molecule has 3 aromatic rings. The van der Waals surface area contributed by atoms with Gasteiger partial charge >= 0.3 is 24.3 Å². The normalized spacial score (nSPS) is 11.8. The van der Waals surface area contributed by atoms with Crippen LogP contribution in [0.25, 0.3) is 10.9 Å². The molecule has 3 rings (SSSR count). The highest BCUT2D eigenvalue weighted by atomic mass is 19.4. The number of Topliss-reactive ketones (excluding diaryl/α,β-unsaturated/α-hetero) is 1. The molecular weight excluding hydrogens is 618 g/mol. The molecule has 17 heteroatoms. The number of hydrogen-bond donors (Lipinski definition) is 5. The van der Waals surface area contributed by atoms with E-state index in [-0.39, 0.29) is 18.4 Å². The number of aliphatic carboxylic acids is 2. The Bertz CT molecular complexity index is 1380. The zero-order valence-corrected chi connectivity index (χ0v) is 24.6. The van der Waals surface area contributed by atoms with Crippen molar-refractivity contribution in [3.63, 3.8) is 0 Å². The molecule has 0 unspecified atom stereocenters. The molecule has 2 aromatic heterocycles. The van der Waals surface area contributed by atoms with Crippen molar-refractivity contribution in [2.75, 3.05) is 7.11 Å². The van der Waals surface area contributed by atoms with Gasteiger partial charge in [0.25, 0.3) is 0 Å². The smallest absolute Gasteiger partial charge is 0.490 e. The number of benzene rings is 1. The molecular formula is C28H34F6N4O7. The standard InChI is InChI=1S/C24H32N4O3.2C2HF3O2/c1-4-17(29)8-6-5-7-9-22(24-25-12-13-26-24)28-23(30)15-19-16(2)27-21-11-10-18(31-3)14-20(19)21;2*3-2(4,5)1(6)7/h10-14,22,27H,4-9,15H2,1-3H3,(H,25,26)(H,28,30);2*(H,6,7)/t22-;;/m0../s1. The highest BCUT2D eigenvalue weighted by molar-refractivity contribution is 5.91. The summed E-state index contributed by atoms with van der Waals surface area (Å²) in [6.07, 6.45) is -1.63. The van der Waals surface area contributed by atoms with Gasteiger partial charge in [-0.2, -0.15) is 26.3 Å². The summed E-state index contributed by atoms with van der Waals surface area (Å²) in [6.45, 7) is 3.88. The molecule has 0 saturated heterocycles. The highest BCUT2D eigenvalue weighted by Gasteiger charge is 2.38. The van der Waals surface area contributed by atoms with Gasteiger partial charge in [0.1, 0.15) is 17.4 Å².